The van der Waals surface area contributed by atoms with E-state index in [4.69, 9.17) is 5.11 Å². The molecule has 1 heterocycles. The predicted octanol–water partition coefficient (Wildman–Crippen LogP) is 3.21. The van der Waals surface area contributed by atoms with Crippen molar-refractivity contribution in [2.75, 3.05) is 5.75 Å². The van der Waals surface area contributed by atoms with Gasteiger partial charge in [-0.2, -0.15) is 0 Å². The first-order chi connectivity index (χ1) is 8.54. The van der Waals surface area contributed by atoms with E-state index in [2.05, 4.69) is 0 Å². The number of carbonyl (C=O) groups is 1. The van der Waals surface area contributed by atoms with Crippen LogP contribution in [0.3, 0.4) is 0 Å². The number of carboxylic acid groups (broad SMARTS) is 1. The molecule has 0 saturated carbocycles. The fourth-order valence-corrected chi connectivity index (χ4v) is 3.25. The maximum absolute atomic E-state index is 13.7. The second kappa shape index (κ2) is 5.07. The average Bonchev–Trinajstić information content (AvgIpc) is 2.31. The summed E-state index contributed by atoms with van der Waals surface area (Å²) in [5.74, 6) is -1.04. The zero-order valence-corrected chi connectivity index (χ0v) is 11.0. The number of aromatic carboxylic acids is 1. The van der Waals surface area contributed by atoms with E-state index in [0.717, 1.165) is 23.2 Å². The van der Waals surface area contributed by atoms with E-state index in [9.17, 15) is 14.0 Å². The van der Waals surface area contributed by atoms with Crippen molar-refractivity contribution < 1.29 is 14.3 Å². The van der Waals surface area contributed by atoms with Crippen LogP contribution in [0.1, 0.15) is 17.3 Å². The van der Waals surface area contributed by atoms with Gasteiger partial charge in [-0.15, -0.1) is 23.1 Å². The third-order valence-electron chi connectivity index (χ3n) is 2.36. The van der Waals surface area contributed by atoms with Gasteiger partial charge in [0.05, 0.1) is 0 Å². The summed E-state index contributed by atoms with van der Waals surface area (Å²) in [6.07, 6.45) is 0. The largest absolute Gasteiger partial charge is 0.478 e. The van der Waals surface area contributed by atoms with Crippen LogP contribution in [0.5, 0.6) is 0 Å². The molecule has 6 heteroatoms. The van der Waals surface area contributed by atoms with E-state index in [1.54, 1.807) is 6.07 Å². The van der Waals surface area contributed by atoms with Gasteiger partial charge in [-0.05, 0) is 17.9 Å². The molecule has 2 rings (SSSR count). The quantitative estimate of drug-likeness (QED) is 0.879. The van der Waals surface area contributed by atoms with E-state index in [1.807, 2.05) is 6.92 Å². The first-order valence-electron chi connectivity index (χ1n) is 5.15. The van der Waals surface area contributed by atoms with Crippen LogP contribution >= 0.6 is 23.1 Å². The minimum Gasteiger partial charge on any atom is -0.478 e. The molecule has 0 aliphatic heterocycles. The molecule has 0 spiro atoms. The van der Waals surface area contributed by atoms with Gasteiger partial charge in [-0.1, -0.05) is 6.92 Å². The molecule has 0 aliphatic rings. The van der Waals surface area contributed by atoms with Gasteiger partial charge >= 0.3 is 5.97 Å². The molecule has 2 aromatic rings. The van der Waals surface area contributed by atoms with Crippen molar-refractivity contribution in [3.63, 3.8) is 0 Å². The third kappa shape index (κ3) is 2.26. The van der Waals surface area contributed by atoms with Crippen molar-refractivity contribution in [2.24, 2.45) is 0 Å². The number of thioether (sulfide) groups is 1. The zero-order chi connectivity index (χ0) is 13.3. The monoisotopic (exact) mass is 284 g/mol. The molecule has 94 valence electrons. The van der Waals surface area contributed by atoms with Crippen LogP contribution < -0.4 is 5.43 Å². The summed E-state index contributed by atoms with van der Waals surface area (Å²) in [4.78, 5) is 23.1. The number of benzene rings is 1. The van der Waals surface area contributed by atoms with Crippen molar-refractivity contribution >= 4 is 39.2 Å². The van der Waals surface area contributed by atoms with E-state index in [1.165, 1.54) is 17.1 Å². The Morgan fingerprint density at radius 3 is 2.83 bits per heavy atom. The van der Waals surface area contributed by atoms with E-state index >= 15 is 0 Å². The molecule has 0 amide bonds. The van der Waals surface area contributed by atoms with Crippen LogP contribution in [0.2, 0.25) is 0 Å². The van der Waals surface area contributed by atoms with E-state index < -0.39 is 17.2 Å². The van der Waals surface area contributed by atoms with Gasteiger partial charge in [-0.3, -0.25) is 4.79 Å². The lowest BCUT2D eigenvalue weighted by atomic mass is 10.2. The summed E-state index contributed by atoms with van der Waals surface area (Å²) in [6.45, 7) is 1.91. The number of carboxylic acids is 1. The van der Waals surface area contributed by atoms with Crippen molar-refractivity contribution in [2.45, 2.75) is 11.8 Å². The lowest BCUT2D eigenvalue weighted by molar-refractivity contribution is 0.0696. The number of fused-ring (bicyclic) bond motifs is 1. The third-order valence-corrected chi connectivity index (χ3v) is 4.22. The molecule has 18 heavy (non-hydrogen) atoms. The molecular weight excluding hydrogens is 275 g/mol. The summed E-state index contributed by atoms with van der Waals surface area (Å²) < 4.78 is 14.3. The summed E-state index contributed by atoms with van der Waals surface area (Å²) >= 11 is 2.48. The lowest BCUT2D eigenvalue weighted by Gasteiger charge is -2.04. The summed E-state index contributed by atoms with van der Waals surface area (Å²) in [5.41, 5.74) is -0.953. The summed E-state index contributed by atoms with van der Waals surface area (Å²) in [6, 6.07) is 2.72. The Bertz CT molecular complexity index is 679. The van der Waals surface area contributed by atoms with Crippen LogP contribution in [0.4, 0.5) is 4.39 Å². The normalized spacial score (nSPS) is 10.8. The Kier molecular flexibility index (Phi) is 3.68. The van der Waals surface area contributed by atoms with Gasteiger partial charge in [0.15, 0.2) is 0 Å². The molecule has 0 bridgehead atoms. The maximum Gasteiger partial charge on any atom is 0.340 e. The fraction of sp³-hybridized carbons (Fsp3) is 0.167. The highest BCUT2D eigenvalue weighted by Crippen LogP contribution is 2.27. The van der Waals surface area contributed by atoms with Gasteiger partial charge in [0.25, 0.3) is 0 Å². The second-order valence-corrected chi connectivity index (χ2v) is 5.71. The highest BCUT2D eigenvalue weighted by molar-refractivity contribution is 7.99. The Morgan fingerprint density at radius 2 is 2.22 bits per heavy atom. The minimum atomic E-state index is -1.29. The Morgan fingerprint density at radius 1 is 1.50 bits per heavy atom. The number of hydrogen-bond donors (Lipinski definition) is 1. The van der Waals surface area contributed by atoms with E-state index in [-0.39, 0.29) is 10.9 Å². The van der Waals surface area contributed by atoms with Crippen LogP contribution in [0.15, 0.2) is 27.2 Å². The molecule has 0 saturated heterocycles. The van der Waals surface area contributed by atoms with Crippen molar-refractivity contribution in [1.29, 1.82) is 0 Å². The van der Waals surface area contributed by atoms with Crippen LogP contribution in [-0.4, -0.2) is 16.8 Å². The number of rotatable bonds is 3. The first-order valence-corrected chi connectivity index (χ1v) is 7.02. The van der Waals surface area contributed by atoms with Crippen LogP contribution in [-0.2, 0) is 0 Å². The molecule has 0 fully saturated rings. The Hall–Kier alpha value is -1.40. The van der Waals surface area contributed by atoms with Gasteiger partial charge in [0.2, 0.25) is 5.43 Å². The molecule has 0 atom stereocenters. The van der Waals surface area contributed by atoms with Crippen LogP contribution in [0.25, 0.3) is 10.1 Å². The van der Waals surface area contributed by atoms with Gasteiger partial charge in [-0.25, -0.2) is 9.18 Å². The van der Waals surface area contributed by atoms with Gasteiger partial charge < -0.3 is 5.11 Å². The van der Waals surface area contributed by atoms with Gasteiger partial charge in [0, 0.05) is 20.4 Å². The van der Waals surface area contributed by atoms with Gasteiger partial charge in [0.1, 0.15) is 11.4 Å². The molecule has 0 unspecified atom stereocenters. The van der Waals surface area contributed by atoms with Crippen molar-refractivity contribution in [3.8, 4) is 0 Å². The SMILES string of the molecule is CCSc1cc2scc(C(=O)O)c(=O)c2cc1F. The zero-order valence-electron chi connectivity index (χ0n) is 9.40. The fourth-order valence-electron chi connectivity index (χ4n) is 1.54. The standard InChI is InChI=1S/C12H9FO3S2/c1-2-17-10-4-9-6(3-8(10)13)11(14)7(5-18-9)12(15)16/h3-5H,2H2,1H3,(H,15,16). The molecule has 3 nitrogen and oxygen atoms in total. The second-order valence-electron chi connectivity index (χ2n) is 3.50. The molecule has 0 aliphatic carbocycles. The Labute approximate surface area is 110 Å². The van der Waals surface area contributed by atoms with Crippen molar-refractivity contribution in [1.82, 2.24) is 0 Å². The highest BCUT2D eigenvalue weighted by Gasteiger charge is 2.14. The first kappa shape index (κ1) is 13.0. The van der Waals surface area contributed by atoms with Crippen LogP contribution in [0, 0.1) is 5.82 Å². The summed E-state index contributed by atoms with van der Waals surface area (Å²) in [7, 11) is 0. The molecule has 0 radical (unpaired) electrons. The molecule has 1 N–H and O–H groups in total. The minimum absolute atomic E-state index is 0.123. The average molecular weight is 284 g/mol. The Balaban J connectivity index is 2.73. The number of hydrogen-bond acceptors (Lipinski definition) is 4. The predicted molar refractivity (Wildman–Crippen MR) is 71.4 cm³/mol. The highest BCUT2D eigenvalue weighted by atomic mass is 32.2. The molecule has 1 aromatic heterocycles. The van der Waals surface area contributed by atoms with E-state index in [0.29, 0.717) is 9.60 Å². The summed E-state index contributed by atoms with van der Waals surface area (Å²) in [5, 5.41) is 10.3. The number of halogens is 1. The maximum atomic E-state index is 13.7. The molecule has 1 aromatic carbocycles. The van der Waals surface area contributed by atoms with Crippen molar-refractivity contribution in [3.05, 3.63) is 39.1 Å². The smallest absolute Gasteiger partial charge is 0.340 e. The topological polar surface area (TPSA) is 54.4 Å². The molecular formula is C12H9FO3S2. The lowest BCUT2D eigenvalue weighted by Crippen LogP contribution is -2.13.